The molecular weight excluding hydrogens is 314 g/mol. The molecule has 7 nitrogen and oxygen atoms in total. The van der Waals surface area contributed by atoms with Crippen molar-refractivity contribution in [3.8, 4) is 0 Å². The third-order valence-corrected chi connectivity index (χ3v) is 4.24. The summed E-state index contributed by atoms with van der Waals surface area (Å²) in [7, 11) is 2.17. The van der Waals surface area contributed by atoms with Gasteiger partial charge in [-0.25, -0.2) is 0 Å². The maximum atomic E-state index is 4.45. The van der Waals surface area contributed by atoms with Crippen LogP contribution in [0.15, 0.2) is 30.5 Å². The summed E-state index contributed by atoms with van der Waals surface area (Å²) in [4.78, 5) is 9.23. The van der Waals surface area contributed by atoms with Crippen LogP contribution in [0.1, 0.15) is 13.8 Å². The first-order chi connectivity index (χ1) is 12.1. The van der Waals surface area contributed by atoms with E-state index in [1.165, 1.54) is 5.69 Å². The topological polar surface area (TPSA) is 69.2 Å². The van der Waals surface area contributed by atoms with Gasteiger partial charge in [0.05, 0.1) is 6.20 Å². The van der Waals surface area contributed by atoms with Crippen molar-refractivity contribution in [1.82, 2.24) is 20.1 Å². The van der Waals surface area contributed by atoms with Crippen LogP contribution in [0.25, 0.3) is 0 Å². The van der Waals surface area contributed by atoms with Crippen LogP contribution in [0.3, 0.4) is 0 Å². The molecule has 0 amide bonds. The molecule has 0 saturated carbocycles. The van der Waals surface area contributed by atoms with Crippen LogP contribution in [0.5, 0.6) is 0 Å². The van der Waals surface area contributed by atoms with Gasteiger partial charge in [-0.2, -0.15) is 10.1 Å². The summed E-state index contributed by atoms with van der Waals surface area (Å²) in [5.74, 6) is 1.77. The number of benzene rings is 1. The third-order valence-electron chi connectivity index (χ3n) is 4.24. The van der Waals surface area contributed by atoms with Gasteiger partial charge in [0.15, 0.2) is 5.82 Å². The highest BCUT2D eigenvalue weighted by atomic mass is 15.3. The minimum Gasteiger partial charge on any atom is -0.369 e. The van der Waals surface area contributed by atoms with E-state index >= 15 is 0 Å². The van der Waals surface area contributed by atoms with Gasteiger partial charge in [0.25, 0.3) is 0 Å². The van der Waals surface area contributed by atoms with Crippen LogP contribution < -0.4 is 15.5 Å². The smallest absolute Gasteiger partial charge is 0.244 e. The van der Waals surface area contributed by atoms with Crippen molar-refractivity contribution in [2.45, 2.75) is 13.8 Å². The molecule has 2 N–H and O–H groups in total. The lowest BCUT2D eigenvalue weighted by atomic mass is 10.2. The van der Waals surface area contributed by atoms with Crippen molar-refractivity contribution in [2.24, 2.45) is 5.92 Å². The lowest BCUT2D eigenvalue weighted by Gasteiger charge is -2.34. The second kappa shape index (κ2) is 8.11. The Bertz CT molecular complexity index is 663. The fourth-order valence-electron chi connectivity index (χ4n) is 2.70. The van der Waals surface area contributed by atoms with E-state index in [9.17, 15) is 0 Å². The van der Waals surface area contributed by atoms with Crippen molar-refractivity contribution >= 4 is 23.1 Å². The first-order valence-electron chi connectivity index (χ1n) is 8.84. The first-order valence-corrected chi connectivity index (χ1v) is 8.84. The number of anilines is 4. The van der Waals surface area contributed by atoms with E-state index in [2.05, 4.69) is 80.8 Å². The highest BCUT2D eigenvalue weighted by Crippen LogP contribution is 2.21. The van der Waals surface area contributed by atoms with Gasteiger partial charge in [0, 0.05) is 44.1 Å². The van der Waals surface area contributed by atoms with Crippen LogP contribution in [0.4, 0.5) is 23.1 Å². The van der Waals surface area contributed by atoms with Crippen molar-refractivity contribution in [2.75, 3.05) is 55.3 Å². The van der Waals surface area contributed by atoms with E-state index in [1.807, 2.05) is 0 Å². The molecule has 0 aliphatic carbocycles. The van der Waals surface area contributed by atoms with Gasteiger partial charge in [-0.1, -0.05) is 13.8 Å². The fourth-order valence-corrected chi connectivity index (χ4v) is 2.70. The van der Waals surface area contributed by atoms with Gasteiger partial charge in [-0.3, -0.25) is 0 Å². The first kappa shape index (κ1) is 17.4. The Labute approximate surface area is 149 Å². The molecule has 1 aromatic heterocycles. The Morgan fingerprint density at radius 2 is 1.80 bits per heavy atom. The molecule has 0 atom stereocenters. The molecule has 0 unspecified atom stereocenters. The van der Waals surface area contributed by atoms with Gasteiger partial charge in [0.1, 0.15) is 0 Å². The normalized spacial score (nSPS) is 15.4. The Balaban J connectivity index is 1.60. The molecule has 134 valence electrons. The lowest BCUT2D eigenvalue weighted by molar-refractivity contribution is 0.313. The Hall–Kier alpha value is -2.41. The van der Waals surface area contributed by atoms with E-state index in [-0.39, 0.29) is 0 Å². The van der Waals surface area contributed by atoms with Gasteiger partial charge in [-0.15, -0.1) is 5.10 Å². The highest BCUT2D eigenvalue weighted by Gasteiger charge is 2.14. The number of hydrogen-bond acceptors (Lipinski definition) is 7. The highest BCUT2D eigenvalue weighted by molar-refractivity contribution is 5.61. The summed E-state index contributed by atoms with van der Waals surface area (Å²) in [6.07, 6.45) is 1.63. The molecule has 1 saturated heterocycles. The van der Waals surface area contributed by atoms with Crippen LogP contribution in [0, 0.1) is 5.92 Å². The molecule has 7 heteroatoms. The average molecular weight is 341 g/mol. The number of hydrogen-bond donors (Lipinski definition) is 2. The maximum absolute atomic E-state index is 4.45. The molecular formula is C18H27N7. The number of nitrogens with one attached hydrogen (secondary N) is 2. The summed E-state index contributed by atoms with van der Waals surface area (Å²) >= 11 is 0. The van der Waals surface area contributed by atoms with E-state index in [0.29, 0.717) is 17.7 Å². The van der Waals surface area contributed by atoms with E-state index in [1.54, 1.807) is 6.20 Å². The van der Waals surface area contributed by atoms with Gasteiger partial charge < -0.3 is 20.4 Å². The number of aromatic nitrogens is 3. The van der Waals surface area contributed by atoms with Crippen molar-refractivity contribution < 1.29 is 0 Å². The zero-order chi connectivity index (χ0) is 17.6. The molecule has 1 aromatic carbocycles. The van der Waals surface area contributed by atoms with E-state index < -0.39 is 0 Å². The SMILES string of the molecule is CC(C)CNc1nncc(Nc2ccc(N3CCN(C)CC3)cc2)n1. The molecule has 1 aliphatic rings. The molecule has 0 spiro atoms. The Morgan fingerprint density at radius 3 is 2.48 bits per heavy atom. The minimum absolute atomic E-state index is 0.530. The Kier molecular flexibility index (Phi) is 5.65. The van der Waals surface area contributed by atoms with Crippen LogP contribution in [-0.2, 0) is 0 Å². The zero-order valence-corrected chi connectivity index (χ0v) is 15.2. The summed E-state index contributed by atoms with van der Waals surface area (Å²) < 4.78 is 0. The number of likely N-dealkylation sites (N-methyl/N-ethyl adjacent to an activating group) is 1. The van der Waals surface area contributed by atoms with Crippen LogP contribution in [0.2, 0.25) is 0 Å². The predicted molar refractivity (Wildman–Crippen MR) is 103 cm³/mol. The predicted octanol–water partition coefficient (Wildman–Crippen LogP) is 2.43. The largest absolute Gasteiger partial charge is 0.369 e. The molecule has 2 aromatic rings. The van der Waals surface area contributed by atoms with Crippen molar-refractivity contribution in [1.29, 1.82) is 0 Å². The zero-order valence-electron chi connectivity index (χ0n) is 15.2. The average Bonchev–Trinajstić information content (AvgIpc) is 2.62. The second-order valence-electron chi connectivity index (χ2n) is 6.90. The number of piperazine rings is 1. The molecule has 0 radical (unpaired) electrons. The van der Waals surface area contributed by atoms with Gasteiger partial charge in [-0.05, 0) is 37.2 Å². The quantitative estimate of drug-likeness (QED) is 0.836. The monoisotopic (exact) mass is 341 g/mol. The maximum Gasteiger partial charge on any atom is 0.244 e. The van der Waals surface area contributed by atoms with E-state index in [4.69, 9.17) is 0 Å². The van der Waals surface area contributed by atoms with Gasteiger partial charge >= 0.3 is 0 Å². The Morgan fingerprint density at radius 1 is 1.08 bits per heavy atom. The third kappa shape index (κ3) is 5.03. The van der Waals surface area contributed by atoms with E-state index in [0.717, 1.165) is 38.4 Å². The van der Waals surface area contributed by atoms with Gasteiger partial charge in [0.2, 0.25) is 5.95 Å². The molecule has 1 fully saturated rings. The van der Waals surface area contributed by atoms with Crippen LogP contribution >= 0.6 is 0 Å². The molecule has 3 rings (SSSR count). The number of nitrogens with zero attached hydrogens (tertiary/aromatic N) is 5. The lowest BCUT2D eigenvalue weighted by Crippen LogP contribution is -2.44. The number of rotatable bonds is 6. The minimum atomic E-state index is 0.530. The van der Waals surface area contributed by atoms with Crippen LogP contribution in [-0.4, -0.2) is 59.9 Å². The summed E-state index contributed by atoms with van der Waals surface area (Å²) in [6.45, 7) is 9.48. The van der Waals surface area contributed by atoms with Crippen molar-refractivity contribution in [3.63, 3.8) is 0 Å². The fraction of sp³-hybridized carbons (Fsp3) is 0.500. The molecule has 2 heterocycles. The second-order valence-corrected chi connectivity index (χ2v) is 6.90. The molecule has 25 heavy (non-hydrogen) atoms. The summed E-state index contributed by atoms with van der Waals surface area (Å²) in [6, 6.07) is 8.47. The summed E-state index contributed by atoms with van der Waals surface area (Å²) in [5.41, 5.74) is 2.26. The molecule has 1 aliphatic heterocycles. The summed E-state index contributed by atoms with van der Waals surface area (Å²) in [5, 5.41) is 14.5. The van der Waals surface area contributed by atoms with Crippen molar-refractivity contribution in [3.05, 3.63) is 30.5 Å². The standard InChI is InChI=1S/C18H27N7/c1-14(2)12-19-18-22-17(13-20-23-18)21-15-4-6-16(7-5-15)25-10-8-24(3)9-11-25/h4-7,13-14H,8-12H2,1-3H3,(H2,19,21,22,23). The molecule has 0 bridgehead atoms.